The maximum absolute atomic E-state index is 11.0. The molecule has 14 heteroatoms. The molecule has 0 fully saturated rings. The normalized spacial score (nSPS) is 10.7. The van der Waals surface area contributed by atoms with E-state index in [1.807, 2.05) is 0 Å². The first kappa shape index (κ1) is 27.4. The quantitative estimate of drug-likeness (QED) is 0.154. The Morgan fingerprint density at radius 3 is 0.821 bits per heavy atom. The van der Waals surface area contributed by atoms with Crippen molar-refractivity contribution in [2.45, 2.75) is 0 Å². The molecule has 0 aliphatic rings. The second-order valence-corrected chi connectivity index (χ2v) is 5.67. The Kier molecular flexibility index (Phi) is 14.0. The van der Waals surface area contributed by atoms with Gasteiger partial charge in [-0.3, -0.25) is 38.7 Å². The van der Waals surface area contributed by atoms with Crippen molar-refractivity contribution >= 4 is 29.8 Å². The van der Waals surface area contributed by atoms with Crippen molar-refractivity contribution < 1.29 is 49.5 Å². The van der Waals surface area contributed by atoms with Crippen LogP contribution in [-0.4, -0.2) is 129 Å². The third-order valence-corrected chi connectivity index (χ3v) is 3.26. The Morgan fingerprint density at radius 1 is 0.429 bits per heavy atom. The third-order valence-electron chi connectivity index (χ3n) is 3.26. The molecule has 0 bridgehead atoms. The minimum absolute atomic E-state index is 0. The minimum atomic E-state index is -1.24. The molecule has 0 spiro atoms. The van der Waals surface area contributed by atoms with Gasteiger partial charge in [0.2, 0.25) is 0 Å². The topological polar surface area (TPSA) is 231 Å². The van der Waals surface area contributed by atoms with Gasteiger partial charge in [-0.2, -0.15) is 0 Å². The molecular weight excluding hydrogens is 384 g/mol. The van der Waals surface area contributed by atoms with Gasteiger partial charge >= 0.3 is 29.8 Å². The van der Waals surface area contributed by atoms with Gasteiger partial charge in [0, 0.05) is 26.2 Å². The van der Waals surface area contributed by atoms with E-state index < -0.39 is 62.6 Å². The van der Waals surface area contributed by atoms with Crippen LogP contribution in [0.1, 0.15) is 0 Å². The molecule has 28 heavy (non-hydrogen) atoms. The van der Waals surface area contributed by atoms with Crippen LogP contribution >= 0.6 is 0 Å². The van der Waals surface area contributed by atoms with E-state index in [-0.39, 0.29) is 32.3 Å². The van der Waals surface area contributed by atoms with Gasteiger partial charge < -0.3 is 31.7 Å². The molecule has 162 valence electrons. The highest BCUT2D eigenvalue weighted by Crippen LogP contribution is 1.97. The summed E-state index contributed by atoms with van der Waals surface area (Å²) in [5.41, 5.74) is 0. The van der Waals surface area contributed by atoms with Crippen molar-refractivity contribution in [3.8, 4) is 0 Å². The summed E-state index contributed by atoms with van der Waals surface area (Å²) >= 11 is 0. The lowest BCUT2D eigenvalue weighted by Crippen LogP contribution is -2.45. The Hall–Kier alpha value is -2.81. The number of hydrogen-bond acceptors (Lipinski definition) is 9. The highest BCUT2D eigenvalue weighted by atomic mass is 16.4. The third kappa shape index (κ3) is 15.4. The SMILES string of the molecule is N.O=C(O)CN(CCN(CC(=O)O)CC(=O)O)CCN(CC(=O)O)CC(=O)O. The van der Waals surface area contributed by atoms with Crippen molar-refractivity contribution in [1.29, 1.82) is 0 Å². The molecule has 0 aliphatic heterocycles. The van der Waals surface area contributed by atoms with Crippen LogP contribution in [0.15, 0.2) is 0 Å². The molecule has 0 rings (SSSR count). The molecule has 0 amide bonds. The van der Waals surface area contributed by atoms with Crippen LogP contribution in [0.25, 0.3) is 0 Å². The molecule has 0 aromatic rings. The average molecular weight is 410 g/mol. The first-order valence-electron chi connectivity index (χ1n) is 7.75. The maximum Gasteiger partial charge on any atom is 0.317 e. The van der Waals surface area contributed by atoms with Gasteiger partial charge in [-0.15, -0.1) is 0 Å². The molecule has 0 heterocycles. The van der Waals surface area contributed by atoms with E-state index in [2.05, 4.69) is 0 Å². The van der Waals surface area contributed by atoms with Crippen molar-refractivity contribution in [1.82, 2.24) is 20.9 Å². The summed E-state index contributed by atoms with van der Waals surface area (Å²) in [6, 6.07) is 0. The second kappa shape index (κ2) is 14.3. The van der Waals surface area contributed by atoms with Crippen molar-refractivity contribution in [3.05, 3.63) is 0 Å². The van der Waals surface area contributed by atoms with E-state index in [1.165, 1.54) is 4.90 Å². The molecule has 0 aliphatic carbocycles. The number of carboxylic acid groups (broad SMARTS) is 5. The van der Waals surface area contributed by atoms with Crippen molar-refractivity contribution in [2.24, 2.45) is 0 Å². The van der Waals surface area contributed by atoms with E-state index in [4.69, 9.17) is 25.5 Å². The molecule has 0 radical (unpaired) electrons. The summed E-state index contributed by atoms with van der Waals surface area (Å²) < 4.78 is 0. The first-order chi connectivity index (χ1) is 12.5. The lowest BCUT2D eigenvalue weighted by Gasteiger charge is -2.27. The van der Waals surface area contributed by atoms with Crippen LogP contribution in [-0.2, 0) is 24.0 Å². The minimum Gasteiger partial charge on any atom is -0.480 e. The fourth-order valence-electron chi connectivity index (χ4n) is 2.22. The number of nitrogens with zero attached hydrogens (tertiary/aromatic N) is 3. The van der Waals surface area contributed by atoms with Crippen LogP contribution in [0.4, 0.5) is 0 Å². The number of aliphatic carboxylic acids is 5. The highest BCUT2D eigenvalue weighted by Gasteiger charge is 2.19. The Labute approximate surface area is 160 Å². The molecular formula is C14H26N4O10. The van der Waals surface area contributed by atoms with Gasteiger partial charge in [-0.1, -0.05) is 0 Å². The number of hydrogen-bond donors (Lipinski definition) is 6. The van der Waals surface area contributed by atoms with Crippen LogP contribution < -0.4 is 6.15 Å². The zero-order valence-electron chi connectivity index (χ0n) is 15.2. The van der Waals surface area contributed by atoms with E-state index in [0.29, 0.717) is 0 Å². The van der Waals surface area contributed by atoms with E-state index in [1.54, 1.807) is 0 Å². The van der Waals surface area contributed by atoms with Gasteiger partial charge in [-0.25, -0.2) is 0 Å². The Bertz CT molecular complexity index is 484. The number of carboxylic acids is 5. The molecule has 0 aromatic carbocycles. The monoisotopic (exact) mass is 410 g/mol. The average Bonchev–Trinajstić information content (AvgIpc) is 2.46. The zero-order valence-corrected chi connectivity index (χ0v) is 15.2. The van der Waals surface area contributed by atoms with Gasteiger partial charge in [0.1, 0.15) is 0 Å². The van der Waals surface area contributed by atoms with Crippen LogP contribution in [0.5, 0.6) is 0 Å². The number of rotatable bonds is 16. The Morgan fingerprint density at radius 2 is 0.607 bits per heavy atom. The summed E-state index contributed by atoms with van der Waals surface area (Å²) in [6.07, 6.45) is 0. The molecule has 8 N–H and O–H groups in total. The molecule has 14 nitrogen and oxygen atoms in total. The smallest absolute Gasteiger partial charge is 0.317 e. The molecule has 0 unspecified atom stereocenters. The molecule has 0 atom stereocenters. The largest absolute Gasteiger partial charge is 0.480 e. The van der Waals surface area contributed by atoms with Crippen LogP contribution in [0.2, 0.25) is 0 Å². The summed E-state index contributed by atoms with van der Waals surface area (Å²) in [4.78, 5) is 57.6. The highest BCUT2D eigenvalue weighted by molar-refractivity contribution is 5.73. The second-order valence-electron chi connectivity index (χ2n) is 5.67. The summed E-state index contributed by atoms with van der Waals surface area (Å²) in [7, 11) is 0. The van der Waals surface area contributed by atoms with Crippen molar-refractivity contribution in [2.75, 3.05) is 58.9 Å². The lowest BCUT2D eigenvalue weighted by atomic mass is 10.3. The maximum atomic E-state index is 11.0. The molecule has 0 aromatic heterocycles. The van der Waals surface area contributed by atoms with Gasteiger partial charge in [0.05, 0.1) is 32.7 Å². The lowest BCUT2D eigenvalue weighted by molar-refractivity contribution is -0.143. The summed E-state index contributed by atoms with van der Waals surface area (Å²) in [6.45, 7) is -2.74. The van der Waals surface area contributed by atoms with Crippen LogP contribution in [0.3, 0.4) is 0 Å². The van der Waals surface area contributed by atoms with Crippen LogP contribution in [0, 0.1) is 0 Å². The van der Waals surface area contributed by atoms with E-state index in [0.717, 1.165) is 9.80 Å². The van der Waals surface area contributed by atoms with Crippen molar-refractivity contribution in [3.63, 3.8) is 0 Å². The Balaban J connectivity index is 0. The molecule has 0 saturated carbocycles. The standard InChI is InChI=1S/C14H23N3O10.H3N/c18-10(19)5-15(1-3-16(6-11(20)21)7-12(22)23)2-4-17(8-13(24)25)9-14(26)27;/h1-9H2,(H,18,19)(H,20,21)(H,22,23)(H,24,25)(H,26,27);1H3. The predicted molar refractivity (Wildman–Crippen MR) is 92.5 cm³/mol. The van der Waals surface area contributed by atoms with E-state index >= 15 is 0 Å². The zero-order chi connectivity index (χ0) is 21.0. The fourth-order valence-corrected chi connectivity index (χ4v) is 2.22. The molecule has 0 saturated heterocycles. The fraction of sp³-hybridized carbons (Fsp3) is 0.643. The first-order valence-corrected chi connectivity index (χ1v) is 7.75. The van der Waals surface area contributed by atoms with Gasteiger partial charge in [0.15, 0.2) is 0 Å². The van der Waals surface area contributed by atoms with Gasteiger partial charge in [0.25, 0.3) is 0 Å². The predicted octanol–water partition coefficient (Wildman–Crippen LogP) is -2.52. The van der Waals surface area contributed by atoms with E-state index in [9.17, 15) is 24.0 Å². The van der Waals surface area contributed by atoms with Gasteiger partial charge in [-0.05, 0) is 0 Å². The summed E-state index contributed by atoms with van der Waals surface area (Å²) in [5.74, 6) is -6.16. The summed E-state index contributed by atoms with van der Waals surface area (Å²) in [5, 5.41) is 44.1. The number of carbonyl (C=O) groups is 5.